The molecule has 0 saturated carbocycles. The smallest absolute Gasteiger partial charge is 0.273 e. The van der Waals surface area contributed by atoms with Gasteiger partial charge in [-0.3, -0.25) is 4.79 Å². The minimum Gasteiger partial charge on any atom is -0.340 e. The molecule has 0 atom stereocenters. The summed E-state index contributed by atoms with van der Waals surface area (Å²) in [7, 11) is 0. The van der Waals surface area contributed by atoms with E-state index in [9.17, 15) is 9.18 Å². The molecule has 100 valence electrons. The molecule has 0 unspecified atom stereocenters. The number of carbonyl (C=O) groups is 1. The lowest BCUT2D eigenvalue weighted by atomic mass is 10.3. The number of hydrogen-bond acceptors (Lipinski definition) is 2. The van der Waals surface area contributed by atoms with Crippen LogP contribution < -0.4 is 5.32 Å². The Morgan fingerprint density at radius 3 is 2.84 bits per heavy atom. The molecule has 2 heterocycles. The van der Waals surface area contributed by atoms with Crippen molar-refractivity contribution in [3.8, 4) is 0 Å². The third kappa shape index (κ3) is 3.20. The number of carbonyl (C=O) groups excluding carboxylic acids is 1. The van der Waals surface area contributed by atoms with Gasteiger partial charge in [-0.2, -0.15) is 4.39 Å². The Balaban J connectivity index is 2.25. The van der Waals surface area contributed by atoms with E-state index in [0.29, 0.717) is 5.69 Å². The highest BCUT2D eigenvalue weighted by Crippen LogP contribution is 2.20. The van der Waals surface area contributed by atoms with Crippen LogP contribution in [0.4, 0.5) is 10.2 Å². The average molecular weight is 326 g/mol. The molecule has 0 aliphatic heterocycles. The van der Waals surface area contributed by atoms with E-state index in [1.54, 1.807) is 12.1 Å². The van der Waals surface area contributed by atoms with E-state index < -0.39 is 5.95 Å². The van der Waals surface area contributed by atoms with Crippen molar-refractivity contribution in [3.05, 3.63) is 46.6 Å². The molecule has 0 aromatic carbocycles. The van der Waals surface area contributed by atoms with Crippen LogP contribution >= 0.6 is 15.9 Å². The zero-order valence-electron chi connectivity index (χ0n) is 10.5. The zero-order chi connectivity index (χ0) is 14.0. The van der Waals surface area contributed by atoms with E-state index in [1.807, 2.05) is 24.6 Å². The van der Waals surface area contributed by atoms with Crippen LogP contribution in [0.3, 0.4) is 0 Å². The van der Waals surface area contributed by atoms with Crippen molar-refractivity contribution in [2.75, 3.05) is 5.32 Å². The molecule has 0 spiro atoms. The zero-order valence-corrected chi connectivity index (χ0v) is 12.1. The Labute approximate surface area is 118 Å². The van der Waals surface area contributed by atoms with Crippen LogP contribution in [0.15, 0.2) is 34.9 Å². The quantitative estimate of drug-likeness (QED) is 0.876. The van der Waals surface area contributed by atoms with Gasteiger partial charge in [0, 0.05) is 16.7 Å². The Kier molecular flexibility index (Phi) is 3.99. The van der Waals surface area contributed by atoms with Gasteiger partial charge in [-0.15, -0.1) is 0 Å². The van der Waals surface area contributed by atoms with Gasteiger partial charge in [-0.25, -0.2) is 4.98 Å². The molecule has 0 aliphatic carbocycles. The number of nitrogens with zero attached hydrogens (tertiary/aromatic N) is 2. The van der Waals surface area contributed by atoms with E-state index in [4.69, 9.17) is 0 Å². The minimum absolute atomic E-state index is 0.146. The number of rotatable bonds is 3. The van der Waals surface area contributed by atoms with Crippen molar-refractivity contribution in [2.24, 2.45) is 0 Å². The fourth-order valence-electron chi connectivity index (χ4n) is 1.71. The summed E-state index contributed by atoms with van der Waals surface area (Å²) in [6.45, 7) is 3.95. The Hall–Kier alpha value is -1.69. The predicted octanol–water partition coefficient (Wildman–Crippen LogP) is 3.62. The standard InChI is InChI=1S/C13H13BrFN3O/c1-8(2)18-7-9(14)6-10(18)13(19)17-12-5-3-4-11(15)16-12/h3-8H,1-2H3,(H,16,17,19). The first-order valence-electron chi connectivity index (χ1n) is 5.78. The summed E-state index contributed by atoms with van der Waals surface area (Å²) in [4.78, 5) is 15.7. The number of pyridine rings is 1. The maximum atomic E-state index is 13.0. The molecule has 0 aliphatic rings. The fraction of sp³-hybridized carbons (Fsp3) is 0.231. The summed E-state index contributed by atoms with van der Waals surface area (Å²) < 4.78 is 15.6. The molecule has 0 bridgehead atoms. The molecule has 2 rings (SSSR count). The summed E-state index contributed by atoms with van der Waals surface area (Å²) >= 11 is 3.34. The van der Waals surface area contributed by atoms with Crippen LogP contribution in [0.25, 0.3) is 0 Å². The number of amides is 1. The van der Waals surface area contributed by atoms with Gasteiger partial charge in [0.15, 0.2) is 0 Å². The summed E-state index contributed by atoms with van der Waals surface area (Å²) in [5.74, 6) is -0.756. The lowest BCUT2D eigenvalue weighted by Crippen LogP contribution is -2.18. The first-order chi connectivity index (χ1) is 8.97. The van der Waals surface area contributed by atoms with Gasteiger partial charge < -0.3 is 9.88 Å². The summed E-state index contributed by atoms with van der Waals surface area (Å²) in [6, 6.07) is 6.12. The molecule has 2 aromatic heterocycles. The van der Waals surface area contributed by atoms with Gasteiger partial charge in [-0.05, 0) is 48.0 Å². The highest BCUT2D eigenvalue weighted by atomic mass is 79.9. The van der Waals surface area contributed by atoms with Crippen LogP contribution in [0.2, 0.25) is 0 Å². The van der Waals surface area contributed by atoms with Crippen LogP contribution in [0.5, 0.6) is 0 Å². The van der Waals surface area contributed by atoms with Crippen molar-refractivity contribution >= 4 is 27.7 Å². The van der Waals surface area contributed by atoms with Crippen molar-refractivity contribution in [3.63, 3.8) is 0 Å². The van der Waals surface area contributed by atoms with Crippen molar-refractivity contribution in [2.45, 2.75) is 19.9 Å². The highest BCUT2D eigenvalue weighted by molar-refractivity contribution is 9.10. The molecule has 4 nitrogen and oxygen atoms in total. The Morgan fingerprint density at radius 1 is 1.47 bits per heavy atom. The van der Waals surface area contributed by atoms with Crippen molar-refractivity contribution in [1.82, 2.24) is 9.55 Å². The lowest BCUT2D eigenvalue weighted by Gasteiger charge is -2.12. The van der Waals surface area contributed by atoms with E-state index in [1.165, 1.54) is 12.1 Å². The van der Waals surface area contributed by atoms with Gasteiger partial charge in [0.2, 0.25) is 5.95 Å². The van der Waals surface area contributed by atoms with Gasteiger partial charge in [0.05, 0.1) is 0 Å². The van der Waals surface area contributed by atoms with E-state index in [2.05, 4.69) is 26.2 Å². The van der Waals surface area contributed by atoms with E-state index in [0.717, 1.165) is 4.47 Å². The highest BCUT2D eigenvalue weighted by Gasteiger charge is 2.15. The maximum absolute atomic E-state index is 13.0. The number of nitrogens with one attached hydrogen (secondary N) is 1. The van der Waals surface area contributed by atoms with E-state index >= 15 is 0 Å². The maximum Gasteiger partial charge on any atom is 0.273 e. The Morgan fingerprint density at radius 2 is 2.21 bits per heavy atom. The van der Waals surface area contributed by atoms with Crippen LogP contribution in [0, 0.1) is 5.95 Å². The van der Waals surface area contributed by atoms with E-state index in [-0.39, 0.29) is 17.8 Å². The largest absolute Gasteiger partial charge is 0.340 e. The second kappa shape index (κ2) is 5.52. The molecule has 0 radical (unpaired) electrons. The minimum atomic E-state index is -0.627. The number of anilines is 1. The first-order valence-corrected chi connectivity index (χ1v) is 6.58. The van der Waals surface area contributed by atoms with Crippen LogP contribution in [-0.4, -0.2) is 15.5 Å². The van der Waals surface area contributed by atoms with Gasteiger partial charge in [-0.1, -0.05) is 6.07 Å². The molecule has 0 fully saturated rings. The molecule has 1 N–H and O–H groups in total. The van der Waals surface area contributed by atoms with Gasteiger partial charge >= 0.3 is 0 Å². The van der Waals surface area contributed by atoms with Crippen LogP contribution in [0.1, 0.15) is 30.4 Å². The number of aromatic nitrogens is 2. The SMILES string of the molecule is CC(C)n1cc(Br)cc1C(=O)Nc1cccc(F)n1. The van der Waals surface area contributed by atoms with Crippen LogP contribution in [-0.2, 0) is 0 Å². The number of halogens is 2. The average Bonchev–Trinajstić information content (AvgIpc) is 2.71. The monoisotopic (exact) mass is 325 g/mol. The topological polar surface area (TPSA) is 46.9 Å². The summed E-state index contributed by atoms with van der Waals surface area (Å²) in [5, 5.41) is 2.58. The molecule has 1 amide bonds. The second-order valence-corrected chi connectivity index (χ2v) is 5.26. The number of hydrogen-bond donors (Lipinski definition) is 1. The molecular weight excluding hydrogens is 313 g/mol. The molecular formula is C13H13BrFN3O. The first kappa shape index (κ1) is 13.7. The molecule has 19 heavy (non-hydrogen) atoms. The second-order valence-electron chi connectivity index (χ2n) is 4.34. The third-order valence-corrected chi connectivity index (χ3v) is 2.99. The van der Waals surface area contributed by atoms with Gasteiger partial charge in [0.1, 0.15) is 11.5 Å². The molecule has 0 saturated heterocycles. The van der Waals surface area contributed by atoms with Crippen molar-refractivity contribution in [1.29, 1.82) is 0 Å². The third-order valence-electron chi connectivity index (χ3n) is 2.56. The summed E-state index contributed by atoms with van der Waals surface area (Å²) in [6.07, 6.45) is 1.83. The lowest BCUT2D eigenvalue weighted by molar-refractivity contribution is 0.101. The molecule has 6 heteroatoms. The van der Waals surface area contributed by atoms with Crippen molar-refractivity contribution < 1.29 is 9.18 Å². The van der Waals surface area contributed by atoms with Gasteiger partial charge in [0.25, 0.3) is 5.91 Å². The summed E-state index contributed by atoms with van der Waals surface area (Å²) in [5.41, 5.74) is 0.493. The Bertz CT molecular complexity index is 610. The molecule has 2 aromatic rings. The fourth-order valence-corrected chi connectivity index (χ4v) is 2.15. The predicted molar refractivity (Wildman–Crippen MR) is 74.7 cm³/mol. The normalized spacial score (nSPS) is 10.8.